The van der Waals surface area contributed by atoms with Crippen molar-refractivity contribution in [3.05, 3.63) is 15.8 Å². The Bertz CT molecular complexity index is 525. The molecule has 0 aromatic carbocycles. The third-order valence-corrected chi connectivity index (χ3v) is 4.09. The van der Waals surface area contributed by atoms with Gasteiger partial charge >= 0.3 is 5.69 Å². The number of hydrogen-bond donors (Lipinski definition) is 1. The van der Waals surface area contributed by atoms with Crippen molar-refractivity contribution in [2.24, 2.45) is 7.05 Å². The quantitative estimate of drug-likeness (QED) is 0.678. The van der Waals surface area contributed by atoms with E-state index in [4.69, 9.17) is 0 Å². The van der Waals surface area contributed by atoms with Gasteiger partial charge in [-0.15, -0.1) is 0 Å². The van der Waals surface area contributed by atoms with E-state index in [9.17, 15) is 15.2 Å². The maximum Gasteiger partial charge on any atom is 0.334 e. The molecule has 118 valence electrons. The van der Waals surface area contributed by atoms with E-state index in [-0.39, 0.29) is 10.6 Å². The van der Waals surface area contributed by atoms with E-state index in [1.807, 2.05) is 18.7 Å². The lowest BCUT2D eigenvalue weighted by atomic mass is 9.98. The first kappa shape index (κ1) is 15.8. The summed E-state index contributed by atoms with van der Waals surface area (Å²) in [7, 11) is 1.75. The van der Waals surface area contributed by atoms with Crippen LogP contribution in [0.5, 0.6) is 0 Å². The topological polar surface area (TPSA) is 84.4 Å². The van der Waals surface area contributed by atoms with Crippen molar-refractivity contribution in [2.75, 3.05) is 18.0 Å². The van der Waals surface area contributed by atoms with Crippen LogP contribution >= 0.6 is 0 Å². The molecule has 1 fully saturated rings. The molecule has 0 spiro atoms. The molecule has 2 rings (SSSR count). The van der Waals surface area contributed by atoms with Gasteiger partial charge in [0.05, 0.1) is 10.5 Å². The van der Waals surface area contributed by atoms with Crippen LogP contribution in [0.2, 0.25) is 0 Å². The van der Waals surface area contributed by atoms with Crippen molar-refractivity contribution >= 4 is 11.5 Å². The SMILES string of the molecule is CCCc1nn(C)c(N2CCCC(C)(O)CC2)c1[N+](=O)[O-]. The van der Waals surface area contributed by atoms with Crippen molar-refractivity contribution in [1.29, 1.82) is 0 Å². The third kappa shape index (κ3) is 3.34. The molecule has 0 aliphatic carbocycles. The summed E-state index contributed by atoms with van der Waals surface area (Å²) in [5.74, 6) is 0.571. The van der Waals surface area contributed by atoms with E-state index in [1.54, 1.807) is 11.7 Å². The lowest BCUT2D eigenvalue weighted by molar-refractivity contribution is -0.384. The molecule has 1 saturated heterocycles. The monoisotopic (exact) mass is 296 g/mol. The first-order valence-corrected chi connectivity index (χ1v) is 7.53. The molecular formula is C14H24N4O3. The van der Waals surface area contributed by atoms with Crippen LogP contribution in [-0.2, 0) is 13.5 Å². The zero-order valence-corrected chi connectivity index (χ0v) is 13.0. The zero-order valence-electron chi connectivity index (χ0n) is 13.0. The maximum atomic E-state index is 11.5. The molecule has 0 bridgehead atoms. The normalized spacial score (nSPS) is 23.1. The van der Waals surface area contributed by atoms with Gasteiger partial charge in [-0.1, -0.05) is 13.3 Å². The summed E-state index contributed by atoms with van der Waals surface area (Å²) in [6.07, 6.45) is 3.58. The number of hydrogen-bond acceptors (Lipinski definition) is 5. The van der Waals surface area contributed by atoms with E-state index in [0.717, 1.165) is 19.3 Å². The predicted octanol–water partition coefficient (Wildman–Crippen LogP) is 2.02. The number of nitrogens with zero attached hydrogens (tertiary/aromatic N) is 4. The second-order valence-corrected chi connectivity index (χ2v) is 6.09. The van der Waals surface area contributed by atoms with Gasteiger partial charge < -0.3 is 10.0 Å². The number of anilines is 1. The molecule has 21 heavy (non-hydrogen) atoms. The molecule has 7 heteroatoms. The lowest BCUT2D eigenvalue weighted by Crippen LogP contribution is -2.29. The van der Waals surface area contributed by atoms with Crippen LogP contribution in [0.4, 0.5) is 11.5 Å². The van der Waals surface area contributed by atoms with Crippen LogP contribution in [0.15, 0.2) is 0 Å². The Morgan fingerprint density at radius 2 is 2.14 bits per heavy atom. The van der Waals surface area contributed by atoms with Gasteiger partial charge in [0.15, 0.2) is 0 Å². The molecule has 1 aromatic rings. The Balaban J connectivity index is 2.36. The number of aliphatic hydroxyl groups is 1. The summed E-state index contributed by atoms with van der Waals surface area (Å²) >= 11 is 0. The fraction of sp³-hybridized carbons (Fsp3) is 0.786. The van der Waals surface area contributed by atoms with E-state index in [0.29, 0.717) is 37.4 Å². The molecule has 1 aliphatic heterocycles. The zero-order chi connectivity index (χ0) is 15.6. The molecule has 1 atom stereocenters. The minimum Gasteiger partial charge on any atom is -0.390 e. The molecule has 1 aromatic heterocycles. The Morgan fingerprint density at radius 1 is 1.43 bits per heavy atom. The minimum absolute atomic E-state index is 0.126. The maximum absolute atomic E-state index is 11.5. The average molecular weight is 296 g/mol. The van der Waals surface area contributed by atoms with Gasteiger partial charge in [0.1, 0.15) is 5.69 Å². The van der Waals surface area contributed by atoms with Crippen molar-refractivity contribution in [2.45, 2.75) is 51.6 Å². The molecule has 0 amide bonds. The van der Waals surface area contributed by atoms with Crippen LogP contribution < -0.4 is 4.90 Å². The minimum atomic E-state index is -0.686. The molecule has 1 N–H and O–H groups in total. The highest BCUT2D eigenvalue weighted by Crippen LogP contribution is 2.34. The summed E-state index contributed by atoms with van der Waals surface area (Å²) < 4.78 is 1.61. The van der Waals surface area contributed by atoms with Crippen molar-refractivity contribution in [1.82, 2.24) is 9.78 Å². The van der Waals surface area contributed by atoms with E-state index < -0.39 is 5.60 Å². The summed E-state index contributed by atoms with van der Waals surface area (Å²) in [5.41, 5.74) is -0.00845. The Hall–Kier alpha value is -1.63. The third-order valence-electron chi connectivity index (χ3n) is 4.09. The number of rotatable bonds is 4. The van der Waals surface area contributed by atoms with Gasteiger partial charge in [-0.05, 0) is 32.6 Å². The van der Waals surface area contributed by atoms with E-state index in [1.165, 1.54) is 0 Å². The molecule has 1 aliphatic rings. The van der Waals surface area contributed by atoms with E-state index >= 15 is 0 Å². The Kier molecular flexibility index (Phi) is 4.51. The van der Waals surface area contributed by atoms with Crippen molar-refractivity contribution in [3.8, 4) is 0 Å². The number of nitro groups is 1. The van der Waals surface area contributed by atoms with Crippen LogP contribution in [0.25, 0.3) is 0 Å². The number of aromatic nitrogens is 2. The highest BCUT2D eigenvalue weighted by atomic mass is 16.6. The molecule has 7 nitrogen and oxygen atoms in total. The largest absolute Gasteiger partial charge is 0.390 e. The predicted molar refractivity (Wildman–Crippen MR) is 80.5 cm³/mol. The Morgan fingerprint density at radius 3 is 2.76 bits per heavy atom. The van der Waals surface area contributed by atoms with Gasteiger partial charge in [0.25, 0.3) is 0 Å². The van der Waals surface area contributed by atoms with Gasteiger partial charge in [0.2, 0.25) is 5.82 Å². The van der Waals surface area contributed by atoms with E-state index in [2.05, 4.69) is 5.10 Å². The average Bonchev–Trinajstić information content (AvgIpc) is 2.59. The van der Waals surface area contributed by atoms with Crippen molar-refractivity contribution < 1.29 is 10.0 Å². The van der Waals surface area contributed by atoms with Crippen LogP contribution in [-0.4, -0.2) is 38.5 Å². The van der Waals surface area contributed by atoms with Crippen LogP contribution in [0.1, 0.15) is 45.2 Å². The fourth-order valence-electron chi connectivity index (χ4n) is 2.98. The highest BCUT2D eigenvalue weighted by Gasteiger charge is 2.33. The first-order chi connectivity index (χ1) is 9.85. The summed E-state index contributed by atoms with van der Waals surface area (Å²) in [6.45, 7) is 5.14. The molecule has 1 unspecified atom stereocenters. The highest BCUT2D eigenvalue weighted by molar-refractivity contribution is 5.61. The second kappa shape index (κ2) is 6.01. The summed E-state index contributed by atoms with van der Waals surface area (Å²) in [5, 5.41) is 26.0. The molecule has 0 saturated carbocycles. The van der Waals surface area contributed by atoms with Crippen molar-refractivity contribution in [3.63, 3.8) is 0 Å². The molecule has 0 radical (unpaired) electrons. The summed E-state index contributed by atoms with van der Waals surface area (Å²) in [6, 6.07) is 0. The number of aryl methyl sites for hydroxylation is 2. The van der Waals surface area contributed by atoms with Crippen LogP contribution in [0.3, 0.4) is 0 Å². The second-order valence-electron chi connectivity index (χ2n) is 6.09. The summed E-state index contributed by atoms with van der Waals surface area (Å²) in [4.78, 5) is 13.1. The standard InChI is InChI=1S/C14H24N4O3/c1-4-6-11-12(18(20)21)13(16(3)15-11)17-9-5-7-14(2,19)8-10-17/h19H,4-10H2,1-3H3. The Labute approximate surface area is 124 Å². The lowest BCUT2D eigenvalue weighted by Gasteiger charge is -2.23. The smallest absolute Gasteiger partial charge is 0.334 e. The molecule has 2 heterocycles. The van der Waals surface area contributed by atoms with Gasteiger partial charge in [0, 0.05) is 20.1 Å². The molecular weight excluding hydrogens is 272 g/mol. The fourth-order valence-corrected chi connectivity index (χ4v) is 2.98. The van der Waals surface area contributed by atoms with Gasteiger partial charge in [-0.2, -0.15) is 5.10 Å². The van der Waals surface area contributed by atoms with Crippen LogP contribution in [0, 0.1) is 10.1 Å². The van der Waals surface area contributed by atoms with Gasteiger partial charge in [-0.3, -0.25) is 10.1 Å². The van der Waals surface area contributed by atoms with Gasteiger partial charge in [-0.25, -0.2) is 4.68 Å². The first-order valence-electron chi connectivity index (χ1n) is 7.53.